The van der Waals surface area contributed by atoms with E-state index in [1.807, 2.05) is 38.1 Å². The predicted molar refractivity (Wildman–Crippen MR) is 106 cm³/mol. The van der Waals surface area contributed by atoms with Crippen LogP contribution in [0.5, 0.6) is 0 Å². The van der Waals surface area contributed by atoms with Gasteiger partial charge in [0, 0.05) is 18.8 Å². The highest BCUT2D eigenvalue weighted by Crippen LogP contribution is 2.17. The first-order valence-electron chi connectivity index (χ1n) is 8.77. The monoisotopic (exact) mass is 392 g/mol. The number of benzene rings is 2. The van der Waals surface area contributed by atoms with E-state index in [1.54, 1.807) is 17.0 Å². The molecule has 0 N–H and O–H groups in total. The Bertz CT molecular complexity index is 882. The molecule has 0 atom stereocenters. The van der Waals surface area contributed by atoms with Gasteiger partial charge >= 0.3 is 0 Å². The standard InChI is InChI=1S/C20H25FN2O3S/c1-4-23(19-7-5-6-16(2)14-19)20(24)15-22(27(3,25)26)13-12-17-8-10-18(21)11-9-17/h5-11,14H,4,12-13,15H2,1-3H3. The van der Waals surface area contributed by atoms with Crippen LogP contribution in [0.15, 0.2) is 48.5 Å². The Labute approximate surface area is 160 Å². The zero-order valence-electron chi connectivity index (χ0n) is 15.9. The molecule has 2 rings (SSSR count). The summed E-state index contributed by atoms with van der Waals surface area (Å²) in [5, 5.41) is 0. The highest BCUT2D eigenvalue weighted by molar-refractivity contribution is 7.88. The second-order valence-corrected chi connectivity index (χ2v) is 8.43. The molecule has 0 bridgehead atoms. The molecule has 2 aromatic rings. The first kappa shape index (κ1) is 21.1. The average molecular weight is 392 g/mol. The van der Waals surface area contributed by atoms with E-state index >= 15 is 0 Å². The number of rotatable bonds is 8. The molecule has 0 radical (unpaired) electrons. The Morgan fingerprint density at radius 2 is 1.78 bits per heavy atom. The van der Waals surface area contributed by atoms with Crippen molar-refractivity contribution >= 4 is 21.6 Å². The fourth-order valence-electron chi connectivity index (χ4n) is 2.80. The van der Waals surface area contributed by atoms with E-state index < -0.39 is 10.0 Å². The van der Waals surface area contributed by atoms with Gasteiger partial charge in [0.05, 0.1) is 12.8 Å². The van der Waals surface area contributed by atoms with E-state index in [0.29, 0.717) is 13.0 Å². The molecule has 0 fully saturated rings. The molecule has 146 valence electrons. The molecule has 0 unspecified atom stereocenters. The number of hydrogen-bond donors (Lipinski definition) is 0. The van der Waals surface area contributed by atoms with Gasteiger partial charge in [-0.2, -0.15) is 4.31 Å². The van der Waals surface area contributed by atoms with Crippen molar-refractivity contribution in [1.82, 2.24) is 4.31 Å². The Kier molecular flexibility index (Phi) is 7.10. The molecule has 0 saturated heterocycles. The summed E-state index contributed by atoms with van der Waals surface area (Å²) in [5.74, 6) is -0.627. The summed E-state index contributed by atoms with van der Waals surface area (Å²) in [6.07, 6.45) is 1.49. The lowest BCUT2D eigenvalue weighted by Gasteiger charge is -2.26. The smallest absolute Gasteiger partial charge is 0.242 e. The minimum absolute atomic E-state index is 0.154. The van der Waals surface area contributed by atoms with Gasteiger partial charge in [-0.3, -0.25) is 4.79 Å². The summed E-state index contributed by atoms with van der Waals surface area (Å²) in [6, 6.07) is 13.4. The van der Waals surface area contributed by atoms with Gasteiger partial charge in [-0.05, 0) is 55.7 Å². The van der Waals surface area contributed by atoms with Crippen LogP contribution < -0.4 is 4.90 Å². The summed E-state index contributed by atoms with van der Waals surface area (Å²) < 4.78 is 38.4. The van der Waals surface area contributed by atoms with Gasteiger partial charge in [0.2, 0.25) is 15.9 Å². The van der Waals surface area contributed by atoms with Crippen LogP contribution in [0.2, 0.25) is 0 Å². The van der Waals surface area contributed by atoms with Gasteiger partial charge in [-0.1, -0.05) is 24.3 Å². The Morgan fingerprint density at radius 1 is 1.11 bits per heavy atom. The van der Waals surface area contributed by atoms with Gasteiger partial charge in [0.25, 0.3) is 0 Å². The number of amides is 1. The molecule has 0 saturated carbocycles. The quantitative estimate of drug-likeness (QED) is 0.694. The molecule has 5 nitrogen and oxygen atoms in total. The molecule has 0 spiro atoms. The molecule has 27 heavy (non-hydrogen) atoms. The van der Waals surface area contributed by atoms with Crippen molar-refractivity contribution in [2.75, 3.05) is 30.8 Å². The molecule has 2 aromatic carbocycles. The maximum atomic E-state index is 13.0. The van der Waals surface area contributed by atoms with E-state index in [-0.39, 0.29) is 24.8 Å². The van der Waals surface area contributed by atoms with E-state index in [0.717, 1.165) is 27.4 Å². The molecule has 0 aliphatic heterocycles. The minimum Gasteiger partial charge on any atom is -0.312 e. The fourth-order valence-corrected chi connectivity index (χ4v) is 3.57. The molecular formula is C20H25FN2O3S. The second-order valence-electron chi connectivity index (χ2n) is 6.45. The number of likely N-dealkylation sites (N-methyl/N-ethyl adjacent to an activating group) is 1. The maximum Gasteiger partial charge on any atom is 0.242 e. The Balaban J connectivity index is 2.12. The first-order chi connectivity index (χ1) is 12.7. The van der Waals surface area contributed by atoms with Crippen LogP contribution in [0, 0.1) is 12.7 Å². The molecule has 0 heterocycles. The average Bonchev–Trinajstić information content (AvgIpc) is 2.60. The number of halogens is 1. The van der Waals surface area contributed by atoms with Crippen LogP contribution in [0.25, 0.3) is 0 Å². The largest absolute Gasteiger partial charge is 0.312 e. The van der Waals surface area contributed by atoms with Gasteiger partial charge in [-0.25, -0.2) is 12.8 Å². The predicted octanol–water partition coefficient (Wildman–Crippen LogP) is 2.99. The highest BCUT2D eigenvalue weighted by Gasteiger charge is 2.23. The zero-order chi connectivity index (χ0) is 20.0. The number of aryl methyl sites for hydroxylation is 1. The topological polar surface area (TPSA) is 57.7 Å². The molecule has 0 aliphatic carbocycles. The van der Waals surface area contributed by atoms with Gasteiger partial charge in [0.1, 0.15) is 5.82 Å². The molecule has 0 aromatic heterocycles. The third-order valence-electron chi connectivity index (χ3n) is 4.27. The second kappa shape index (κ2) is 9.10. The van der Waals surface area contributed by atoms with E-state index in [1.165, 1.54) is 12.1 Å². The summed E-state index contributed by atoms with van der Waals surface area (Å²) in [4.78, 5) is 14.3. The van der Waals surface area contributed by atoms with Crippen LogP contribution >= 0.6 is 0 Å². The summed E-state index contributed by atoms with van der Waals surface area (Å²) >= 11 is 0. The van der Waals surface area contributed by atoms with Crippen LogP contribution in [-0.4, -0.2) is 44.5 Å². The van der Waals surface area contributed by atoms with Gasteiger partial charge in [-0.15, -0.1) is 0 Å². The van der Waals surface area contributed by atoms with E-state index in [4.69, 9.17) is 0 Å². The third kappa shape index (κ3) is 6.15. The van der Waals surface area contributed by atoms with E-state index in [2.05, 4.69) is 0 Å². The van der Waals surface area contributed by atoms with E-state index in [9.17, 15) is 17.6 Å². The highest BCUT2D eigenvalue weighted by atomic mass is 32.2. The zero-order valence-corrected chi connectivity index (χ0v) is 16.7. The number of hydrogen-bond acceptors (Lipinski definition) is 3. The van der Waals surface area contributed by atoms with Crippen LogP contribution in [0.3, 0.4) is 0 Å². The lowest BCUT2D eigenvalue weighted by atomic mass is 10.1. The number of sulfonamides is 1. The fraction of sp³-hybridized carbons (Fsp3) is 0.350. The van der Waals surface area contributed by atoms with Crippen LogP contribution in [0.1, 0.15) is 18.1 Å². The van der Waals surface area contributed by atoms with Crippen molar-refractivity contribution in [3.05, 3.63) is 65.5 Å². The Hall–Kier alpha value is -2.25. The summed E-state index contributed by atoms with van der Waals surface area (Å²) in [5.41, 5.74) is 2.58. The Morgan fingerprint density at radius 3 is 2.33 bits per heavy atom. The SMILES string of the molecule is CCN(C(=O)CN(CCc1ccc(F)cc1)S(C)(=O)=O)c1cccc(C)c1. The summed E-state index contributed by atoms with van der Waals surface area (Å²) in [7, 11) is -3.56. The first-order valence-corrected chi connectivity index (χ1v) is 10.6. The van der Waals surface area contributed by atoms with Crippen molar-refractivity contribution < 1.29 is 17.6 Å². The van der Waals surface area contributed by atoms with Crippen LogP contribution in [0.4, 0.5) is 10.1 Å². The number of carbonyl (C=O) groups excluding carboxylic acids is 1. The lowest BCUT2D eigenvalue weighted by molar-refractivity contribution is -0.118. The molecule has 0 aliphatic rings. The summed E-state index contributed by atoms with van der Waals surface area (Å²) in [6.45, 7) is 4.15. The molecular weight excluding hydrogens is 367 g/mol. The van der Waals surface area contributed by atoms with Crippen molar-refractivity contribution in [2.45, 2.75) is 20.3 Å². The minimum atomic E-state index is -3.56. The van der Waals surface area contributed by atoms with Gasteiger partial charge in [0.15, 0.2) is 0 Å². The van der Waals surface area contributed by atoms with Crippen molar-refractivity contribution in [2.24, 2.45) is 0 Å². The number of carbonyl (C=O) groups is 1. The lowest BCUT2D eigenvalue weighted by Crippen LogP contribution is -2.43. The molecule has 1 amide bonds. The van der Waals surface area contributed by atoms with Crippen molar-refractivity contribution in [3.8, 4) is 0 Å². The number of nitrogens with zero attached hydrogens (tertiary/aromatic N) is 2. The molecule has 7 heteroatoms. The van der Waals surface area contributed by atoms with Gasteiger partial charge < -0.3 is 4.90 Å². The van der Waals surface area contributed by atoms with Crippen LogP contribution in [-0.2, 0) is 21.2 Å². The number of anilines is 1. The third-order valence-corrected chi connectivity index (χ3v) is 5.52. The maximum absolute atomic E-state index is 13.0. The van der Waals surface area contributed by atoms with Crippen molar-refractivity contribution in [1.29, 1.82) is 0 Å². The van der Waals surface area contributed by atoms with Crippen molar-refractivity contribution in [3.63, 3.8) is 0 Å². The normalized spacial score (nSPS) is 11.6.